The fourth-order valence-electron chi connectivity index (χ4n) is 2.29. The van der Waals surface area contributed by atoms with Crippen molar-refractivity contribution >= 4 is 5.91 Å². The Labute approximate surface area is 103 Å². The Morgan fingerprint density at radius 2 is 2.44 bits per heavy atom. The second-order valence-corrected chi connectivity index (χ2v) is 4.25. The molecule has 0 radical (unpaired) electrons. The summed E-state index contributed by atoms with van der Waals surface area (Å²) in [5.74, 6) is -1.25. The van der Waals surface area contributed by atoms with Crippen LogP contribution in [-0.2, 0) is 17.8 Å². The van der Waals surface area contributed by atoms with E-state index in [2.05, 4.69) is 10.4 Å². The van der Waals surface area contributed by atoms with Gasteiger partial charge in [0.25, 0.3) is 5.91 Å². The van der Waals surface area contributed by atoms with Crippen LogP contribution in [0.15, 0.2) is 6.20 Å². The molecule has 0 aliphatic heterocycles. The summed E-state index contributed by atoms with van der Waals surface area (Å²) in [6, 6.07) is -0.400. The van der Waals surface area contributed by atoms with Crippen LogP contribution in [0.2, 0.25) is 0 Å². The Bertz CT molecular complexity index is 434. The standard InChI is InChI=1S/C11H15F2N3O2/c12-10(13)11(18)15-8-2-1-3-9-7(8)6-14-16(9)4-5-17/h6,8,10,17H,1-5H2,(H,15,18). The van der Waals surface area contributed by atoms with Crippen molar-refractivity contribution in [3.05, 3.63) is 17.5 Å². The second-order valence-electron chi connectivity index (χ2n) is 4.25. The van der Waals surface area contributed by atoms with E-state index in [4.69, 9.17) is 5.11 Å². The molecule has 1 aromatic rings. The number of alkyl halides is 2. The maximum absolute atomic E-state index is 12.2. The van der Waals surface area contributed by atoms with Gasteiger partial charge < -0.3 is 10.4 Å². The first-order chi connectivity index (χ1) is 8.63. The minimum atomic E-state index is -3.00. The van der Waals surface area contributed by atoms with E-state index in [1.165, 1.54) is 0 Å². The van der Waals surface area contributed by atoms with E-state index >= 15 is 0 Å². The van der Waals surface area contributed by atoms with Gasteiger partial charge in [0, 0.05) is 11.3 Å². The number of carbonyl (C=O) groups is 1. The van der Waals surface area contributed by atoms with Gasteiger partial charge in [-0.1, -0.05) is 0 Å². The van der Waals surface area contributed by atoms with Crippen molar-refractivity contribution < 1.29 is 18.7 Å². The van der Waals surface area contributed by atoms with Crippen LogP contribution in [0.5, 0.6) is 0 Å². The minimum Gasteiger partial charge on any atom is -0.394 e. The van der Waals surface area contributed by atoms with E-state index in [0.29, 0.717) is 13.0 Å². The molecule has 2 N–H and O–H groups in total. The van der Waals surface area contributed by atoms with Gasteiger partial charge in [0.05, 0.1) is 25.4 Å². The average Bonchev–Trinajstić information content (AvgIpc) is 2.74. The van der Waals surface area contributed by atoms with Crippen LogP contribution in [0, 0.1) is 0 Å². The number of aliphatic hydroxyl groups excluding tert-OH is 1. The van der Waals surface area contributed by atoms with Crippen LogP contribution in [0.1, 0.15) is 30.1 Å². The van der Waals surface area contributed by atoms with Gasteiger partial charge in [-0.3, -0.25) is 9.48 Å². The van der Waals surface area contributed by atoms with Crippen LogP contribution in [0.25, 0.3) is 0 Å². The molecule has 0 aromatic carbocycles. The van der Waals surface area contributed by atoms with Crippen LogP contribution in [0.3, 0.4) is 0 Å². The average molecular weight is 259 g/mol. The first-order valence-corrected chi connectivity index (χ1v) is 5.87. The molecule has 1 unspecified atom stereocenters. The van der Waals surface area contributed by atoms with E-state index in [0.717, 1.165) is 24.1 Å². The molecule has 1 amide bonds. The van der Waals surface area contributed by atoms with Crippen LogP contribution >= 0.6 is 0 Å². The van der Waals surface area contributed by atoms with Crippen LogP contribution < -0.4 is 5.32 Å². The van der Waals surface area contributed by atoms with Crippen molar-refractivity contribution in [3.63, 3.8) is 0 Å². The zero-order valence-electron chi connectivity index (χ0n) is 9.77. The lowest BCUT2D eigenvalue weighted by Crippen LogP contribution is -2.35. The molecule has 1 aliphatic carbocycles. The number of hydrogen-bond acceptors (Lipinski definition) is 3. The third-order valence-corrected chi connectivity index (χ3v) is 3.09. The summed E-state index contributed by atoms with van der Waals surface area (Å²) >= 11 is 0. The molecule has 0 fully saturated rings. The van der Waals surface area contributed by atoms with Gasteiger partial charge in [-0.05, 0) is 19.3 Å². The van der Waals surface area contributed by atoms with Crippen LogP contribution in [0.4, 0.5) is 8.78 Å². The first-order valence-electron chi connectivity index (χ1n) is 5.87. The van der Waals surface area contributed by atoms with Crippen LogP contribution in [-0.4, -0.2) is 33.8 Å². The summed E-state index contributed by atoms with van der Waals surface area (Å²) in [7, 11) is 0. The third kappa shape index (κ3) is 2.50. The lowest BCUT2D eigenvalue weighted by Gasteiger charge is -2.24. The monoisotopic (exact) mass is 259 g/mol. The summed E-state index contributed by atoms with van der Waals surface area (Å²) in [5.41, 5.74) is 1.69. The number of nitrogens with zero attached hydrogens (tertiary/aromatic N) is 2. The molecule has 0 saturated heterocycles. The predicted molar refractivity (Wildman–Crippen MR) is 59.1 cm³/mol. The molecule has 7 heteroatoms. The number of carbonyl (C=O) groups excluding carboxylic acids is 1. The predicted octanol–water partition coefficient (Wildman–Crippen LogP) is 0.634. The van der Waals surface area contributed by atoms with Crippen molar-refractivity contribution in [3.8, 4) is 0 Å². The number of amides is 1. The lowest BCUT2D eigenvalue weighted by molar-refractivity contribution is -0.132. The normalized spacial score (nSPS) is 18.8. The summed E-state index contributed by atoms with van der Waals surface area (Å²) in [5, 5.41) is 15.3. The van der Waals surface area contributed by atoms with E-state index in [9.17, 15) is 13.6 Å². The molecule has 0 saturated carbocycles. The largest absolute Gasteiger partial charge is 0.394 e. The molecule has 5 nitrogen and oxygen atoms in total. The molecule has 1 atom stereocenters. The number of hydrogen-bond donors (Lipinski definition) is 2. The van der Waals surface area contributed by atoms with Gasteiger partial charge in [-0.15, -0.1) is 0 Å². The van der Waals surface area contributed by atoms with Gasteiger partial charge in [0.1, 0.15) is 0 Å². The quantitative estimate of drug-likeness (QED) is 0.833. The maximum Gasteiger partial charge on any atom is 0.315 e. The summed E-state index contributed by atoms with van der Waals surface area (Å²) < 4.78 is 26.1. The van der Waals surface area contributed by atoms with E-state index < -0.39 is 18.4 Å². The minimum absolute atomic E-state index is 0.0256. The highest BCUT2D eigenvalue weighted by molar-refractivity contribution is 5.79. The third-order valence-electron chi connectivity index (χ3n) is 3.09. The van der Waals surface area contributed by atoms with E-state index in [1.54, 1.807) is 10.9 Å². The van der Waals surface area contributed by atoms with Crippen molar-refractivity contribution in [2.75, 3.05) is 6.61 Å². The zero-order valence-corrected chi connectivity index (χ0v) is 9.77. The van der Waals surface area contributed by atoms with Gasteiger partial charge in [-0.2, -0.15) is 13.9 Å². The fourth-order valence-corrected chi connectivity index (χ4v) is 2.29. The molecular weight excluding hydrogens is 244 g/mol. The molecule has 100 valence electrons. The molecule has 1 aliphatic rings. The van der Waals surface area contributed by atoms with Crippen molar-refractivity contribution in [2.45, 2.75) is 38.3 Å². The fraction of sp³-hybridized carbons (Fsp3) is 0.636. The maximum atomic E-state index is 12.2. The highest BCUT2D eigenvalue weighted by atomic mass is 19.3. The number of aromatic nitrogens is 2. The highest BCUT2D eigenvalue weighted by Gasteiger charge is 2.27. The molecule has 1 heterocycles. The molecule has 1 aromatic heterocycles. The molecule has 0 bridgehead atoms. The summed E-state index contributed by atoms with van der Waals surface area (Å²) in [4.78, 5) is 11.0. The Hall–Kier alpha value is -1.50. The van der Waals surface area contributed by atoms with Gasteiger partial charge in [-0.25, -0.2) is 0 Å². The SMILES string of the molecule is O=C(NC1CCCc2c1cnn2CCO)C(F)F. The number of aliphatic hydroxyl groups is 1. The molecule has 18 heavy (non-hydrogen) atoms. The lowest BCUT2D eigenvalue weighted by atomic mass is 9.93. The molecule has 2 rings (SSSR count). The zero-order chi connectivity index (χ0) is 13.1. The number of rotatable bonds is 4. The number of nitrogens with one attached hydrogen (secondary N) is 1. The second kappa shape index (κ2) is 5.43. The van der Waals surface area contributed by atoms with Crippen molar-refractivity contribution in [2.24, 2.45) is 0 Å². The van der Waals surface area contributed by atoms with Gasteiger partial charge in [0.2, 0.25) is 0 Å². The Balaban J connectivity index is 2.15. The number of fused-ring (bicyclic) bond motifs is 1. The first kappa shape index (κ1) is 12.9. The highest BCUT2D eigenvalue weighted by Crippen LogP contribution is 2.29. The Kier molecular flexibility index (Phi) is 3.90. The Morgan fingerprint density at radius 3 is 3.11 bits per heavy atom. The van der Waals surface area contributed by atoms with E-state index in [-0.39, 0.29) is 6.61 Å². The summed E-state index contributed by atoms with van der Waals surface area (Å²) in [6.45, 7) is 0.354. The molecular formula is C11H15F2N3O2. The van der Waals surface area contributed by atoms with Crippen molar-refractivity contribution in [1.82, 2.24) is 15.1 Å². The van der Waals surface area contributed by atoms with E-state index in [1.807, 2.05) is 0 Å². The Morgan fingerprint density at radius 1 is 1.67 bits per heavy atom. The number of halogens is 2. The van der Waals surface area contributed by atoms with Gasteiger partial charge in [0.15, 0.2) is 0 Å². The topological polar surface area (TPSA) is 67.2 Å². The van der Waals surface area contributed by atoms with Crippen molar-refractivity contribution in [1.29, 1.82) is 0 Å². The summed E-state index contributed by atoms with van der Waals surface area (Å²) in [6.07, 6.45) is 0.814. The van der Waals surface area contributed by atoms with Gasteiger partial charge >= 0.3 is 6.43 Å². The smallest absolute Gasteiger partial charge is 0.315 e. The molecule has 0 spiro atoms.